The third kappa shape index (κ3) is 4.51. The number of hydrogen-bond donors (Lipinski definition) is 0. The van der Waals surface area contributed by atoms with E-state index in [0.29, 0.717) is 12.8 Å². The van der Waals surface area contributed by atoms with Crippen LogP contribution in [0, 0.1) is 40.4 Å². The number of fused-ring (bicyclic) bond motifs is 5. The van der Waals surface area contributed by atoms with E-state index >= 15 is 0 Å². The number of rotatable bonds is 6. The molecule has 7 heteroatoms. The van der Waals surface area contributed by atoms with E-state index in [1.54, 1.807) is 0 Å². The second-order valence-electron chi connectivity index (χ2n) is 12.2. The van der Waals surface area contributed by atoms with Gasteiger partial charge in [-0.05, 0) is 80.1 Å². The summed E-state index contributed by atoms with van der Waals surface area (Å²) in [5, 5.41) is 0. The first-order valence-electron chi connectivity index (χ1n) is 13.6. The van der Waals surface area contributed by atoms with Crippen molar-refractivity contribution in [1.29, 1.82) is 0 Å². The highest BCUT2D eigenvalue weighted by Gasteiger charge is 2.64. The average molecular weight is 503 g/mol. The minimum atomic E-state index is -0.541. The summed E-state index contributed by atoms with van der Waals surface area (Å²) in [6.07, 6.45) is 7.43. The molecule has 4 rings (SSSR count). The van der Waals surface area contributed by atoms with E-state index < -0.39 is 5.41 Å². The van der Waals surface area contributed by atoms with Gasteiger partial charge in [0.25, 0.3) is 0 Å². The van der Waals surface area contributed by atoms with Crippen LogP contribution in [0.5, 0.6) is 0 Å². The Kier molecular flexibility index (Phi) is 7.42. The molecule has 0 saturated heterocycles. The molecule has 36 heavy (non-hydrogen) atoms. The van der Waals surface area contributed by atoms with Crippen LogP contribution in [-0.2, 0) is 33.4 Å². The molecule has 0 aromatic carbocycles. The fourth-order valence-electron chi connectivity index (χ4n) is 8.49. The molecule has 0 aromatic rings. The lowest BCUT2D eigenvalue weighted by Gasteiger charge is -2.58. The second-order valence-corrected chi connectivity index (χ2v) is 12.2. The molecular weight excluding hydrogens is 460 g/mol. The molecule has 0 amide bonds. The number of carbonyl (C=O) groups excluding carboxylic acids is 4. The lowest BCUT2D eigenvalue weighted by Crippen LogP contribution is -2.57. The van der Waals surface area contributed by atoms with Crippen LogP contribution in [0.1, 0.15) is 86.0 Å². The van der Waals surface area contributed by atoms with Crippen molar-refractivity contribution in [3.8, 4) is 0 Å². The number of carbonyl (C=O) groups is 4. The van der Waals surface area contributed by atoms with E-state index in [9.17, 15) is 19.2 Å². The summed E-state index contributed by atoms with van der Waals surface area (Å²) < 4.78 is 16.4. The van der Waals surface area contributed by atoms with Crippen molar-refractivity contribution in [2.24, 2.45) is 40.4 Å². The van der Waals surface area contributed by atoms with Crippen LogP contribution in [0.25, 0.3) is 0 Å². The summed E-state index contributed by atoms with van der Waals surface area (Å²) in [4.78, 5) is 49.5. The molecule has 4 aliphatic rings. The van der Waals surface area contributed by atoms with Crippen LogP contribution < -0.4 is 0 Å². The van der Waals surface area contributed by atoms with Gasteiger partial charge in [0.1, 0.15) is 12.2 Å². The van der Waals surface area contributed by atoms with Gasteiger partial charge in [-0.3, -0.25) is 19.2 Å². The number of esters is 3. The van der Waals surface area contributed by atoms with E-state index in [4.69, 9.17) is 14.2 Å². The molecule has 9 atom stereocenters. The largest absolute Gasteiger partial charge is 0.469 e. The summed E-state index contributed by atoms with van der Waals surface area (Å²) in [7, 11) is 1.41. The Morgan fingerprint density at radius 1 is 1.06 bits per heavy atom. The molecule has 4 aliphatic carbocycles. The minimum Gasteiger partial charge on any atom is -0.469 e. The minimum absolute atomic E-state index is 0.0148. The van der Waals surface area contributed by atoms with Crippen molar-refractivity contribution < 1.29 is 33.4 Å². The molecule has 200 valence electrons. The van der Waals surface area contributed by atoms with E-state index in [0.717, 1.165) is 44.1 Å². The molecule has 3 fully saturated rings. The second kappa shape index (κ2) is 9.94. The molecule has 0 aromatic heterocycles. The summed E-state index contributed by atoms with van der Waals surface area (Å²) in [5.41, 5.74) is 0.422. The quantitative estimate of drug-likeness (QED) is 0.380. The fourth-order valence-corrected chi connectivity index (χ4v) is 8.49. The van der Waals surface area contributed by atoms with Gasteiger partial charge < -0.3 is 14.2 Å². The third-order valence-electron chi connectivity index (χ3n) is 10.3. The Balaban J connectivity index is 1.67. The Morgan fingerprint density at radius 3 is 2.39 bits per heavy atom. The SMILES string of the molecule is COC(=O)CCC(C)C1CCC2C3C(=CC(=O)C12C)C1(C)CCC(OC(C)=O)CC1CC3OC(C)=O. The fraction of sp³-hybridized carbons (Fsp3) is 0.793. The molecule has 0 aliphatic heterocycles. The van der Waals surface area contributed by atoms with Crippen LogP contribution in [0.15, 0.2) is 11.6 Å². The molecular formula is C29H42O7. The molecule has 0 bridgehead atoms. The number of ketones is 1. The van der Waals surface area contributed by atoms with Crippen molar-refractivity contribution in [2.45, 2.75) is 98.2 Å². The van der Waals surface area contributed by atoms with Gasteiger partial charge in [-0.2, -0.15) is 0 Å². The Morgan fingerprint density at radius 2 is 1.75 bits per heavy atom. The predicted octanol–water partition coefficient (Wildman–Crippen LogP) is 4.81. The van der Waals surface area contributed by atoms with Crippen molar-refractivity contribution >= 4 is 23.7 Å². The zero-order chi connectivity index (χ0) is 26.4. The zero-order valence-corrected chi connectivity index (χ0v) is 22.6. The number of hydrogen-bond acceptors (Lipinski definition) is 7. The first kappa shape index (κ1) is 26.9. The van der Waals surface area contributed by atoms with Gasteiger partial charge in [-0.1, -0.05) is 26.3 Å². The lowest BCUT2D eigenvalue weighted by molar-refractivity contribution is -0.162. The third-order valence-corrected chi connectivity index (χ3v) is 10.3. The summed E-state index contributed by atoms with van der Waals surface area (Å²) >= 11 is 0. The van der Waals surface area contributed by atoms with Crippen molar-refractivity contribution in [3.63, 3.8) is 0 Å². The normalized spacial score (nSPS) is 40.2. The molecule has 7 nitrogen and oxygen atoms in total. The number of methoxy groups -OCH3 is 1. The van der Waals surface area contributed by atoms with E-state index in [-0.39, 0.29) is 70.9 Å². The molecule has 0 heterocycles. The van der Waals surface area contributed by atoms with Gasteiger partial charge in [0.2, 0.25) is 0 Å². The van der Waals surface area contributed by atoms with Gasteiger partial charge in [-0.15, -0.1) is 0 Å². The maximum Gasteiger partial charge on any atom is 0.305 e. The molecule has 0 spiro atoms. The number of ether oxygens (including phenoxy) is 3. The monoisotopic (exact) mass is 502 g/mol. The highest BCUT2D eigenvalue weighted by molar-refractivity contribution is 5.97. The highest BCUT2D eigenvalue weighted by atomic mass is 16.5. The van der Waals surface area contributed by atoms with Crippen LogP contribution in [-0.4, -0.2) is 43.0 Å². The molecule has 0 radical (unpaired) electrons. The Bertz CT molecular complexity index is 953. The summed E-state index contributed by atoms with van der Waals surface area (Å²) in [6.45, 7) is 9.41. The topological polar surface area (TPSA) is 96.0 Å². The summed E-state index contributed by atoms with van der Waals surface area (Å²) in [5.74, 6) is 0.0587. The highest BCUT2D eigenvalue weighted by Crippen LogP contribution is 2.66. The van der Waals surface area contributed by atoms with Gasteiger partial charge in [0.05, 0.1) is 7.11 Å². The number of allylic oxidation sites excluding steroid dienone is 1. The summed E-state index contributed by atoms with van der Waals surface area (Å²) in [6, 6.07) is 0. The van der Waals surface area contributed by atoms with Crippen molar-refractivity contribution in [3.05, 3.63) is 11.6 Å². The van der Waals surface area contributed by atoms with Gasteiger partial charge >= 0.3 is 17.9 Å². The van der Waals surface area contributed by atoms with Gasteiger partial charge in [0.15, 0.2) is 5.78 Å². The zero-order valence-electron chi connectivity index (χ0n) is 22.6. The Labute approximate surface area is 214 Å². The van der Waals surface area contributed by atoms with E-state index in [2.05, 4.69) is 20.8 Å². The van der Waals surface area contributed by atoms with E-state index in [1.165, 1.54) is 21.0 Å². The van der Waals surface area contributed by atoms with Crippen molar-refractivity contribution in [1.82, 2.24) is 0 Å². The van der Waals surface area contributed by atoms with Crippen LogP contribution >= 0.6 is 0 Å². The predicted molar refractivity (Wildman–Crippen MR) is 132 cm³/mol. The maximum absolute atomic E-state index is 14.0. The van der Waals surface area contributed by atoms with E-state index in [1.807, 2.05) is 6.08 Å². The Hall–Kier alpha value is -2.18. The average Bonchev–Trinajstić information content (AvgIpc) is 3.16. The lowest BCUT2D eigenvalue weighted by atomic mass is 9.47. The first-order chi connectivity index (χ1) is 16.9. The van der Waals surface area contributed by atoms with Crippen LogP contribution in [0.4, 0.5) is 0 Å². The van der Waals surface area contributed by atoms with Crippen LogP contribution in [0.2, 0.25) is 0 Å². The molecule has 3 saturated carbocycles. The van der Waals surface area contributed by atoms with Crippen LogP contribution in [0.3, 0.4) is 0 Å². The molecule has 9 unspecified atom stereocenters. The molecule has 0 N–H and O–H groups in total. The standard InChI is InChI=1S/C29H42O7/c1-16(7-10-26(33)34-6)21-8-9-22-27-23(15-25(32)29(21,22)5)28(4)12-11-20(35-17(2)30)13-19(28)14-24(27)36-18(3)31/h15-16,19-22,24,27H,7-14H2,1-6H3. The smallest absolute Gasteiger partial charge is 0.305 e. The van der Waals surface area contributed by atoms with Gasteiger partial charge in [-0.25, -0.2) is 0 Å². The first-order valence-corrected chi connectivity index (χ1v) is 13.6. The maximum atomic E-state index is 14.0. The van der Waals surface area contributed by atoms with Gasteiger partial charge in [0, 0.05) is 31.6 Å². The van der Waals surface area contributed by atoms with Crippen molar-refractivity contribution in [2.75, 3.05) is 7.11 Å².